The Morgan fingerprint density at radius 2 is 2.36 bits per heavy atom. The first-order valence-corrected chi connectivity index (χ1v) is 5.42. The van der Waals surface area contributed by atoms with Crippen LogP contribution in [0.15, 0.2) is 12.1 Å². The Labute approximate surface area is 84.7 Å². The van der Waals surface area contributed by atoms with Gasteiger partial charge in [-0.15, -0.1) is 0 Å². The first-order valence-electron chi connectivity index (χ1n) is 5.42. The Balaban J connectivity index is 2.12. The second-order valence-electron chi connectivity index (χ2n) is 3.84. The van der Waals surface area contributed by atoms with Gasteiger partial charge in [-0.3, -0.25) is 5.32 Å². The quantitative estimate of drug-likeness (QED) is 0.714. The Kier molecular flexibility index (Phi) is 3.11. The zero-order chi connectivity index (χ0) is 9.80. The summed E-state index contributed by atoms with van der Waals surface area (Å²) in [5.74, 6) is 1.21. The fraction of sp³-hybridized carbons (Fsp3) is 0.545. The van der Waals surface area contributed by atoms with Gasteiger partial charge in [0, 0.05) is 17.7 Å². The van der Waals surface area contributed by atoms with Crippen LogP contribution in [0.1, 0.15) is 24.1 Å². The Morgan fingerprint density at radius 1 is 1.43 bits per heavy atom. The fourth-order valence-corrected chi connectivity index (χ4v) is 1.89. The van der Waals surface area contributed by atoms with Crippen molar-refractivity contribution in [2.45, 2.75) is 25.7 Å². The topological polar surface area (TPSA) is 55.5 Å². The monoisotopic (exact) mass is 192 g/mol. The van der Waals surface area contributed by atoms with Crippen LogP contribution in [0.3, 0.4) is 0 Å². The van der Waals surface area contributed by atoms with Gasteiger partial charge in [-0.05, 0) is 37.9 Å². The molecule has 4 N–H and O–H groups in total. The molecule has 0 amide bonds. The van der Waals surface area contributed by atoms with Gasteiger partial charge in [0.2, 0.25) is 5.82 Å². The number of nitrogens with two attached hydrogens (primary N) is 2. The van der Waals surface area contributed by atoms with Gasteiger partial charge in [0.25, 0.3) is 0 Å². The number of rotatable bonds is 3. The molecule has 2 heterocycles. The van der Waals surface area contributed by atoms with Crippen LogP contribution in [0.5, 0.6) is 0 Å². The highest BCUT2D eigenvalue weighted by Crippen LogP contribution is 2.14. The molecule has 0 aromatic carbocycles. The predicted octanol–water partition coefficient (Wildman–Crippen LogP) is 0.114. The maximum atomic E-state index is 5.48. The minimum Gasteiger partial charge on any atom is -0.330 e. The maximum absolute atomic E-state index is 5.48. The summed E-state index contributed by atoms with van der Waals surface area (Å²) in [6, 6.07) is 4.37. The molecule has 0 aliphatic carbocycles. The Bertz CT molecular complexity index is 309. The van der Waals surface area contributed by atoms with Crippen LogP contribution in [0.4, 0.5) is 5.82 Å². The van der Waals surface area contributed by atoms with E-state index in [0.29, 0.717) is 0 Å². The normalized spacial score (nSPS) is 15.2. The van der Waals surface area contributed by atoms with Crippen molar-refractivity contribution in [3.8, 4) is 0 Å². The molecule has 14 heavy (non-hydrogen) atoms. The van der Waals surface area contributed by atoms with Crippen LogP contribution in [-0.4, -0.2) is 18.1 Å². The summed E-state index contributed by atoms with van der Waals surface area (Å²) in [4.78, 5) is 4.64. The Hall–Kier alpha value is -0.930. The van der Waals surface area contributed by atoms with Crippen LogP contribution in [0, 0.1) is 0 Å². The van der Waals surface area contributed by atoms with E-state index in [1.165, 1.54) is 36.5 Å². The molecule has 1 aliphatic heterocycles. The minimum atomic E-state index is 0.752. The maximum Gasteiger partial charge on any atom is 0.227 e. The van der Waals surface area contributed by atoms with Gasteiger partial charge in [0.05, 0.1) is 6.54 Å². The van der Waals surface area contributed by atoms with E-state index in [-0.39, 0.29) is 0 Å². The molecule has 3 heteroatoms. The molecule has 0 bridgehead atoms. The summed E-state index contributed by atoms with van der Waals surface area (Å²) in [7, 11) is 0. The van der Waals surface area contributed by atoms with Gasteiger partial charge < -0.3 is 5.73 Å². The third-order valence-corrected chi connectivity index (χ3v) is 2.69. The summed E-state index contributed by atoms with van der Waals surface area (Å²) in [5.41, 5.74) is 8.08. The molecule has 1 aliphatic rings. The van der Waals surface area contributed by atoms with Gasteiger partial charge >= 0.3 is 0 Å². The molecule has 0 radical (unpaired) electrons. The average Bonchev–Trinajstić information content (AvgIpc) is 2.26. The van der Waals surface area contributed by atoms with Crippen molar-refractivity contribution in [1.29, 1.82) is 0 Å². The van der Waals surface area contributed by atoms with E-state index >= 15 is 0 Å². The van der Waals surface area contributed by atoms with Crippen molar-refractivity contribution < 1.29 is 5.32 Å². The largest absolute Gasteiger partial charge is 0.330 e. The zero-order valence-electron chi connectivity index (χ0n) is 8.50. The van der Waals surface area contributed by atoms with E-state index < -0.39 is 0 Å². The van der Waals surface area contributed by atoms with Gasteiger partial charge in [0.15, 0.2) is 0 Å². The molecule has 0 spiro atoms. The first-order chi connectivity index (χ1) is 6.90. The molecule has 76 valence electrons. The summed E-state index contributed by atoms with van der Waals surface area (Å²) in [5, 5.41) is 2.25. The number of pyridine rings is 1. The summed E-state index contributed by atoms with van der Waals surface area (Å²) in [6.07, 6.45) is 4.51. The van der Waals surface area contributed by atoms with E-state index in [1.807, 2.05) is 0 Å². The number of fused-ring (bicyclic) bond motifs is 1. The molecule has 2 rings (SSSR count). The van der Waals surface area contributed by atoms with E-state index in [9.17, 15) is 0 Å². The van der Waals surface area contributed by atoms with E-state index in [0.717, 1.165) is 19.4 Å². The van der Waals surface area contributed by atoms with Crippen LogP contribution in [0.2, 0.25) is 0 Å². The second-order valence-corrected chi connectivity index (χ2v) is 3.84. The SMILES string of the molecule is NCCCc1ccc2c(n1)[NH2+]CCC2. The Morgan fingerprint density at radius 3 is 3.21 bits per heavy atom. The molecule has 0 atom stereocenters. The number of hydrogen-bond donors (Lipinski definition) is 2. The number of quaternary nitrogens is 1. The fourth-order valence-electron chi connectivity index (χ4n) is 1.89. The van der Waals surface area contributed by atoms with E-state index in [4.69, 9.17) is 5.73 Å². The van der Waals surface area contributed by atoms with Crippen LogP contribution in [-0.2, 0) is 12.8 Å². The third kappa shape index (κ3) is 2.11. The number of hydrogen-bond acceptors (Lipinski definition) is 2. The van der Waals surface area contributed by atoms with Crippen molar-refractivity contribution in [3.63, 3.8) is 0 Å². The molecule has 0 saturated heterocycles. The molecule has 0 unspecified atom stereocenters. The minimum absolute atomic E-state index is 0.752. The van der Waals surface area contributed by atoms with E-state index in [1.54, 1.807) is 0 Å². The van der Waals surface area contributed by atoms with Crippen molar-refractivity contribution >= 4 is 5.82 Å². The number of aryl methyl sites for hydroxylation is 2. The summed E-state index contributed by atoms with van der Waals surface area (Å²) < 4.78 is 0. The van der Waals surface area contributed by atoms with Gasteiger partial charge in [-0.2, -0.15) is 0 Å². The molecular weight excluding hydrogens is 174 g/mol. The number of aromatic nitrogens is 1. The molecule has 1 aromatic rings. The predicted molar refractivity (Wildman–Crippen MR) is 56.4 cm³/mol. The smallest absolute Gasteiger partial charge is 0.227 e. The van der Waals surface area contributed by atoms with Crippen LogP contribution in [0.25, 0.3) is 0 Å². The van der Waals surface area contributed by atoms with Crippen molar-refractivity contribution in [3.05, 3.63) is 23.4 Å². The second kappa shape index (κ2) is 4.53. The molecule has 0 saturated carbocycles. The van der Waals surface area contributed by atoms with E-state index in [2.05, 4.69) is 22.4 Å². The lowest BCUT2D eigenvalue weighted by Gasteiger charge is -2.12. The number of nitrogens with zero attached hydrogens (tertiary/aromatic N) is 1. The first kappa shape index (κ1) is 9.62. The standard InChI is InChI=1S/C11H17N3/c12-7-1-4-10-6-5-9-3-2-8-13-11(9)14-10/h5-6H,1-4,7-8,12H2,(H,13,14)/p+1. The highest BCUT2D eigenvalue weighted by Gasteiger charge is 2.13. The van der Waals surface area contributed by atoms with Gasteiger partial charge in [-0.25, -0.2) is 4.98 Å². The molecule has 0 fully saturated rings. The lowest BCUT2D eigenvalue weighted by Crippen LogP contribution is -2.80. The third-order valence-electron chi connectivity index (χ3n) is 2.69. The lowest BCUT2D eigenvalue weighted by molar-refractivity contribution is -0.579. The van der Waals surface area contributed by atoms with Crippen LogP contribution < -0.4 is 11.1 Å². The van der Waals surface area contributed by atoms with Crippen molar-refractivity contribution in [1.82, 2.24) is 4.98 Å². The van der Waals surface area contributed by atoms with Crippen molar-refractivity contribution in [2.75, 3.05) is 13.1 Å². The molecule has 3 nitrogen and oxygen atoms in total. The van der Waals surface area contributed by atoms with Crippen molar-refractivity contribution in [2.24, 2.45) is 5.73 Å². The molecule has 1 aromatic heterocycles. The molecular formula is C11H18N3+. The average molecular weight is 192 g/mol. The lowest BCUT2D eigenvalue weighted by atomic mass is 10.1. The van der Waals surface area contributed by atoms with Gasteiger partial charge in [0.1, 0.15) is 0 Å². The highest BCUT2D eigenvalue weighted by atomic mass is 15.0. The zero-order valence-corrected chi connectivity index (χ0v) is 8.50. The van der Waals surface area contributed by atoms with Gasteiger partial charge in [-0.1, -0.05) is 0 Å². The summed E-state index contributed by atoms with van der Waals surface area (Å²) >= 11 is 0. The van der Waals surface area contributed by atoms with Crippen LogP contribution >= 0.6 is 0 Å². The summed E-state index contributed by atoms with van der Waals surface area (Å²) in [6.45, 7) is 1.93. The highest BCUT2D eigenvalue weighted by molar-refractivity contribution is 5.34.